The maximum Gasteiger partial charge on any atom is 0.0686 e. The summed E-state index contributed by atoms with van der Waals surface area (Å²) in [7, 11) is 0. The molecular formula is C17H19N3. The van der Waals surface area contributed by atoms with Crippen LogP contribution in [0.25, 0.3) is 0 Å². The maximum absolute atomic E-state index is 6.08. The molecule has 0 aromatic heterocycles. The van der Waals surface area contributed by atoms with Crippen molar-refractivity contribution in [1.29, 1.82) is 0 Å². The first-order valence-electron chi connectivity index (χ1n) is 7.25. The van der Waals surface area contributed by atoms with E-state index in [4.69, 9.17) is 5.84 Å². The zero-order chi connectivity index (χ0) is 13.5. The lowest BCUT2D eigenvalue weighted by Crippen LogP contribution is -2.51. The lowest BCUT2D eigenvalue weighted by Gasteiger charge is -2.41. The molecule has 3 nitrogen and oxygen atoms in total. The van der Waals surface area contributed by atoms with Gasteiger partial charge in [0, 0.05) is 25.3 Å². The molecule has 0 bridgehead atoms. The molecule has 2 aromatic carbocycles. The Balaban J connectivity index is 1.90. The quantitative estimate of drug-likeness (QED) is 0.742. The molecule has 2 N–H and O–H groups in total. The van der Waals surface area contributed by atoms with Crippen LogP contribution < -0.4 is 10.7 Å². The van der Waals surface area contributed by atoms with E-state index in [1.165, 1.54) is 22.4 Å². The Labute approximate surface area is 119 Å². The molecule has 1 fully saturated rings. The third-order valence-corrected chi connectivity index (χ3v) is 4.51. The molecule has 1 atom stereocenters. The normalized spacial score (nSPS) is 21.6. The number of fused-ring (bicyclic) bond motifs is 5. The minimum absolute atomic E-state index is 0.369. The Hall–Kier alpha value is -1.84. The predicted octanol–water partition coefficient (Wildman–Crippen LogP) is 2.33. The summed E-state index contributed by atoms with van der Waals surface area (Å²) >= 11 is 0. The number of hydrogen-bond donors (Lipinski definition) is 1. The second-order valence-corrected chi connectivity index (χ2v) is 5.71. The molecule has 2 aromatic rings. The first kappa shape index (κ1) is 11.9. The van der Waals surface area contributed by atoms with Gasteiger partial charge >= 0.3 is 0 Å². The molecular weight excluding hydrogens is 246 g/mol. The second kappa shape index (κ2) is 4.62. The van der Waals surface area contributed by atoms with Crippen molar-refractivity contribution < 1.29 is 0 Å². The fourth-order valence-electron chi connectivity index (χ4n) is 3.52. The summed E-state index contributed by atoms with van der Waals surface area (Å²) in [5, 5.41) is 1.95. The highest BCUT2D eigenvalue weighted by Crippen LogP contribution is 2.38. The monoisotopic (exact) mass is 265 g/mol. The second-order valence-electron chi connectivity index (χ2n) is 5.71. The van der Waals surface area contributed by atoms with Crippen LogP contribution in [0.4, 0.5) is 5.69 Å². The van der Waals surface area contributed by atoms with Gasteiger partial charge in [0.05, 0.1) is 6.04 Å². The topological polar surface area (TPSA) is 32.5 Å². The van der Waals surface area contributed by atoms with E-state index in [9.17, 15) is 0 Å². The van der Waals surface area contributed by atoms with Gasteiger partial charge in [0.1, 0.15) is 0 Å². The number of hydrogen-bond acceptors (Lipinski definition) is 3. The van der Waals surface area contributed by atoms with Gasteiger partial charge < -0.3 is 4.90 Å². The molecule has 20 heavy (non-hydrogen) atoms. The van der Waals surface area contributed by atoms with E-state index in [0.717, 1.165) is 26.1 Å². The SMILES string of the molecule is NN1CCN2c3ccccc3Cc3ccccc3C2C1. The van der Waals surface area contributed by atoms with Crippen molar-refractivity contribution in [3.8, 4) is 0 Å². The number of nitrogens with two attached hydrogens (primary N) is 1. The van der Waals surface area contributed by atoms with Crippen LogP contribution in [0, 0.1) is 0 Å². The summed E-state index contributed by atoms with van der Waals surface area (Å²) in [5.41, 5.74) is 5.66. The van der Waals surface area contributed by atoms with E-state index >= 15 is 0 Å². The molecule has 3 heteroatoms. The van der Waals surface area contributed by atoms with Crippen LogP contribution in [0.1, 0.15) is 22.7 Å². The molecule has 2 heterocycles. The van der Waals surface area contributed by atoms with Crippen molar-refractivity contribution >= 4 is 5.69 Å². The van der Waals surface area contributed by atoms with Gasteiger partial charge in [0.25, 0.3) is 0 Å². The summed E-state index contributed by atoms with van der Waals surface area (Å²) < 4.78 is 0. The van der Waals surface area contributed by atoms with Gasteiger partial charge in [0.2, 0.25) is 0 Å². The molecule has 0 spiro atoms. The third-order valence-electron chi connectivity index (χ3n) is 4.51. The molecule has 1 unspecified atom stereocenters. The number of anilines is 1. The van der Waals surface area contributed by atoms with Crippen LogP contribution in [0.2, 0.25) is 0 Å². The van der Waals surface area contributed by atoms with E-state index in [0.29, 0.717) is 6.04 Å². The van der Waals surface area contributed by atoms with Crippen LogP contribution in [-0.4, -0.2) is 24.6 Å². The van der Waals surface area contributed by atoms with E-state index in [1.54, 1.807) is 0 Å². The fraction of sp³-hybridized carbons (Fsp3) is 0.294. The Morgan fingerprint density at radius 3 is 2.55 bits per heavy atom. The van der Waals surface area contributed by atoms with E-state index in [-0.39, 0.29) is 0 Å². The highest BCUT2D eigenvalue weighted by Gasteiger charge is 2.32. The smallest absolute Gasteiger partial charge is 0.0686 e. The summed E-state index contributed by atoms with van der Waals surface area (Å²) in [6.07, 6.45) is 1.02. The summed E-state index contributed by atoms with van der Waals surface area (Å²) in [6, 6.07) is 17.9. The van der Waals surface area contributed by atoms with Crippen LogP contribution in [0.3, 0.4) is 0 Å². The molecule has 2 aliphatic heterocycles. The lowest BCUT2D eigenvalue weighted by molar-refractivity contribution is 0.229. The highest BCUT2D eigenvalue weighted by molar-refractivity contribution is 5.60. The van der Waals surface area contributed by atoms with Crippen LogP contribution >= 0.6 is 0 Å². The fourth-order valence-corrected chi connectivity index (χ4v) is 3.52. The van der Waals surface area contributed by atoms with Crippen molar-refractivity contribution in [2.24, 2.45) is 5.84 Å². The average molecular weight is 265 g/mol. The first-order valence-corrected chi connectivity index (χ1v) is 7.25. The van der Waals surface area contributed by atoms with Gasteiger partial charge in [-0.1, -0.05) is 42.5 Å². The van der Waals surface area contributed by atoms with Crippen LogP contribution in [0.15, 0.2) is 48.5 Å². The van der Waals surface area contributed by atoms with Gasteiger partial charge in [-0.2, -0.15) is 0 Å². The Morgan fingerprint density at radius 2 is 1.65 bits per heavy atom. The largest absolute Gasteiger partial charge is 0.362 e. The molecule has 102 valence electrons. The summed E-state index contributed by atoms with van der Waals surface area (Å²) in [4.78, 5) is 2.53. The number of para-hydroxylation sites is 1. The molecule has 0 saturated carbocycles. The van der Waals surface area contributed by atoms with Crippen LogP contribution in [0.5, 0.6) is 0 Å². The number of nitrogens with zero attached hydrogens (tertiary/aromatic N) is 2. The average Bonchev–Trinajstić information content (AvgIpc) is 2.61. The maximum atomic E-state index is 6.08. The number of piperazine rings is 1. The molecule has 1 saturated heterocycles. The molecule has 4 rings (SSSR count). The first-order chi connectivity index (χ1) is 9.83. The third kappa shape index (κ3) is 1.82. The Bertz CT molecular complexity index is 638. The highest BCUT2D eigenvalue weighted by atomic mass is 15.4. The number of hydrazine groups is 1. The lowest BCUT2D eigenvalue weighted by atomic mass is 9.96. The van der Waals surface area contributed by atoms with Gasteiger partial charge in [-0.15, -0.1) is 0 Å². The molecule has 2 aliphatic rings. The molecule has 0 radical (unpaired) electrons. The van der Waals surface area contributed by atoms with Gasteiger partial charge in [0.15, 0.2) is 0 Å². The Kier molecular flexibility index (Phi) is 2.76. The predicted molar refractivity (Wildman–Crippen MR) is 81.5 cm³/mol. The zero-order valence-electron chi connectivity index (χ0n) is 11.5. The van der Waals surface area contributed by atoms with Gasteiger partial charge in [-0.05, 0) is 29.2 Å². The summed E-state index contributed by atoms with van der Waals surface area (Å²) in [6.45, 7) is 2.81. The van der Waals surface area contributed by atoms with Crippen molar-refractivity contribution in [3.63, 3.8) is 0 Å². The van der Waals surface area contributed by atoms with E-state index in [2.05, 4.69) is 53.4 Å². The summed E-state index contributed by atoms with van der Waals surface area (Å²) in [5.74, 6) is 6.08. The Morgan fingerprint density at radius 1 is 0.900 bits per heavy atom. The molecule has 0 aliphatic carbocycles. The van der Waals surface area contributed by atoms with Crippen molar-refractivity contribution in [3.05, 3.63) is 65.2 Å². The van der Waals surface area contributed by atoms with E-state index < -0.39 is 0 Å². The van der Waals surface area contributed by atoms with Gasteiger partial charge in [-0.3, -0.25) is 5.84 Å². The van der Waals surface area contributed by atoms with Gasteiger partial charge in [-0.25, -0.2) is 5.01 Å². The van der Waals surface area contributed by atoms with Crippen molar-refractivity contribution in [2.75, 3.05) is 24.5 Å². The standard InChI is InChI=1S/C17H19N3/c18-19-9-10-20-16-8-4-2-6-14(16)11-13-5-1-3-7-15(13)17(20)12-19/h1-8,17H,9-12,18H2. The van der Waals surface area contributed by atoms with Crippen LogP contribution in [-0.2, 0) is 6.42 Å². The van der Waals surface area contributed by atoms with Crippen molar-refractivity contribution in [1.82, 2.24) is 5.01 Å². The number of benzene rings is 2. The zero-order valence-corrected chi connectivity index (χ0v) is 11.5. The van der Waals surface area contributed by atoms with E-state index in [1.807, 2.05) is 5.01 Å². The number of rotatable bonds is 0. The minimum atomic E-state index is 0.369. The van der Waals surface area contributed by atoms with Crippen molar-refractivity contribution in [2.45, 2.75) is 12.5 Å². The minimum Gasteiger partial charge on any atom is -0.362 e. The molecule has 0 amide bonds.